The summed E-state index contributed by atoms with van der Waals surface area (Å²) in [6, 6.07) is -0.361. The van der Waals surface area contributed by atoms with Crippen LogP contribution in [0, 0.1) is 0 Å². The molecular weight excluding hydrogens is 250 g/mol. The largest absolute Gasteiger partial charge is 0.464 e. The molecule has 0 aromatic heterocycles. The highest BCUT2D eigenvalue weighted by Gasteiger charge is 2.34. The highest BCUT2D eigenvalue weighted by molar-refractivity contribution is 9.09. The van der Waals surface area contributed by atoms with Crippen molar-refractivity contribution >= 4 is 27.8 Å². The molecule has 0 aromatic carbocycles. The molecule has 0 aliphatic carbocycles. The van der Waals surface area contributed by atoms with Crippen molar-refractivity contribution in [2.45, 2.75) is 25.8 Å². The van der Waals surface area contributed by atoms with Crippen LogP contribution >= 0.6 is 15.9 Å². The van der Waals surface area contributed by atoms with Gasteiger partial charge in [-0.15, -0.1) is 0 Å². The molecule has 1 atom stereocenters. The Labute approximate surface area is 91.7 Å². The quantitative estimate of drug-likeness (QED) is 0.563. The minimum absolute atomic E-state index is 0.0412. The van der Waals surface area contributed by atoms with Crippen LogP contribution in [0.25, 0.3) is 0 Å². The van der Waals surface area contributed by atoms with Gasteiger partial charge in [0.1, 0.15) is 6.04 Å². The number of hydrogen-bond donors (Lipinski definition) is 0. The van der Waals surface area contributed by atoms with Crippen LogP contribution in [0.15, 0.2) is 0 Å². The molecule has 80 valence electrons. The number of amides is 1. The molecule has 1 aliphatic rings. The summed E-state index contributed by atoms with van der Waals surface area (Å²) in [7, 11) is 0. The van der Waals surface area contributed by atoms with Gasteiger partial charge < -0.3 is 9.64 Å². The molecule has 0 saturated carbocycles. The fourth-order valence-electron chi connectivity index (χ4n) is 1.63. The molecule has 0 radical (unpaired) electrons. The molecule has 0 spiro atoms. The van der Waals surface area contributed by atoms with E-state index in [-0.39, 0.29) is 23.2 Å². The summed E-state index contributed by atoms with van der Waals surface area (Å²) < 4.78 is 4.90. The first kappa shape index (κ1) is 11.5. The van der Waals surface area contributed by atoms with E-state index in [0.29, 0.717) is 13.2 Å². The van der Waals surface area contributed by atoms with Gasteiger partial charge in [0.05, 0.1) is 11.9 Å². The summed E-state index contributed by atoms with van der Waals surface area (Å²) in [5, 5.41) is 0.267. The molecule has 1 amide bonds. The number of hydrogen-bond acceptors (Lipinski definition) is 3. The van der Waals surface area contributed by atoms with E-state index in [1.807, 2.05) is 0 Å². The summed E-state index contributed by atoms with van der Waals surface area (Å²) in [6.45, 7) is 2.79. The Balaban J connectivity index is 2.59. The first-order chi connectivity index (χ1) is 6.70. The fourth-order valence-corrected chi connectivity index (χ4v) is 1.95. The highest BCUT2D eigenvalue weighted by Crippen LogP contribution is 2.19. The van der Waals surface area contributed by atoms with Gasteiger partial charge in [-0.2, -0.15) is 0 Å². The smallest absolute Gasteiger partial charge is 0.328 e. The van der Waals surface area contributed by atoms with E-state index in [4.69, 9.17) is 4.74 Å². The van der Waals surface area contributed by atoms with E-state index in [9.17, 15) is 9.59 Å². The van der Waals surface area contributed by atoms with Crippen molar-refractivity contribution in [1.82, 2.24) is 4.90 Å². The highest BCUT2D eigenvalue weighted by atomic mass is 79.9. The van der Waals surface area contributed by atoms with Crippen molar-refractivity contribution in [2.75, 3.05) is 18.5 Å². The van der Waals surface area contributed by atoms with Crippen molar-refractivity contribution in [3.05, 3.63) is 0 Å². The van der Waals surface area contributed by atoms with Crippen molar-refractivity contribution in [3.63, 3.8) is 0 Å². The molecule has 0 N–H and O–H groups in total. The molecule has 1 aliphatic heterocycles. The molecule has 5 heteroatoms. The Bertz CT molecular complexity index is 232. The zero-order valence-corrected chi connectivity index (χ0v) is 9.75. The lowest BCUT2D eigenvalue weighted by molar-refractivity contribution is -0.152. The number of nitrogens with zero attached hydrogens (tertiary/aromatic N) is 1. The zero-order chi connectivity index (χ0) is 10.6. The van der Waals surface area contributed by atoms with E-state index < -0.39 is 0 Å². The van der Waals surface area contributed by atoms with Gasteiger partial charge in [0.25, 0.3) is 0 Å². The molecular formula is C9H14BrNO3. The number of ether oxygens (including phenoxy) is 1. The summed E-state index contributed by atoms with van der Waals surface area (Å²) in [5.41, 5.74) is 0. The third kappa shape index (κ3) is 2.47. The Morgan fingerprint density at radius 1 is 1.57 bits per heavy atom. The van der Waals surface area contributed by atoms with Gasteiger partial charge in [0.15, 0.2) is 0 Å². The van der Waals surface area contributed by atoms with Crippen molar-refractivity contribution in [2.24, 2.45) is 0 Å². The third-order valence-corrected chi connectivity index (χ3v) is 2.73. The van der Waals surface area contributed by atoms with Gasteiger partial charge in [0.2, 0.25) is 5.91 Å². The average Bonchev–Trinajstić information content (AvgIpc) is 2.65. The molecule has 1 saturated heterocycles. The van der Waals surface area contributed by atoms with E-state index in [0.717, 1.165) is 12.8 Å². The van der Waals surface area contributed by atoms with E-state index in [2.05, 4.69) is 15.9 Å². The molecule has 1 fully saturated rings. The molecule has 0 unspecified atom stereocenters. The summed E-state index contributed by atoms with van der Waals surface area (Å²) in [6.07, 6.45) is 1.60. The monoisotopic (exact) mass is 263 g/mol. The Kier molecular flexibility index (Phi) is 4.38. The number of halogens is 1. The fraction of sp³-hybridized carbons (Fsp3) is 0.778. The molecule has 1 rings (SSSR count). The van der Waals surface area contributed by atoms with Crippen molar-refractivity contribution < 1.29 is 14.3 Å². The third-order valence-electron chi connectivity index (χ3n) is 2.25. The van der Waals surface area contributed by atoms with Gasteiger partial charge in [-0.05, 0) is 19.8 Å². The predicted octanol–water partition coefficient (Wildman–Crippen LogP) is 0.935. The van der Waals surface area contributed by atoms with Gasteiger partial charge >= 0.3 is 5.97 Å². The average molecular weight is 264 g/mol. The summed E-state index contributed by atoms with van der Waals surface area (Å²) >= 11 is 3.10. The van der Waals surface area contributed by atoms with Gasteiger partial charge in [-0.25, -0.2) is 4.79 Å². The van der Waals surface area contributed by atoms with E-state index >= 15 is 0 Å². The van der Waals surface area contributed by atoms with Crippen molar-refractivity contribution in [1.29, 1.82) is 0 Å². The second-order valence-electron chi connectivity index (χ2n) is 3.13. The first-order valence-corrected chi connectivity index (χ1v) is 5.85. The Morgan fingerprint density at radius 3 is 2.86 bits per heavy atom. The number of likely N-dealkylation sites (tertiary alicyclic amines) is 1. The van der Waals surface area contributed by atoms with E-state index in [1.54, 1.807) is 11.8 Å². The number of carbonyl (C=O) groups is 2. The SMILES string of the molecule is CCOC(=O)[C@H]1CCCN1C(=O)CBr. The van der Waals surface area contributed by atoms with Crippen molar-refractivity contribution in [3.8, 4) is 0 Å². The Hall–Kier alpha value is -0.580. The molecule has 1 heterocycles. The van der Waals surface area contributed by atoms with Crippen LogP contribution in [0.1, 0.15) is 19.8 Å². The maximum atomic E-state index is 11.4. The van der Waals surface area contributed by atoms with Crippen LogP contribution in [0.5, 0.6) is 0 Å². The van der Waals surface area contributed by atoms with Crippen LogP contribution in [0.2, 0.25) is 0 Å². The molecule has 4 nitrogen and oxygen atoms in total. The lowest BCUT2D eigenvalue weighted by Gasteiger charge is -2.21. The van der Waals surface area contributed by atoms with Crippen LogP contribution < -0.4 is 0 Å². The second kappa shape index (κ2) is 5.34. The number of carbonyl (C=O) groups excluding carboxylic acids is 2. The lowest BCUT2D eigenvalue weighted by Crippen LogP contribution is -2.41. The van der Waals surface area contributed by atoms with Crippen LogP contribution in [0.4, 0.5) is 0 Å². The number of esters is 1. The lowest BCUT2D eigenvalue weighted by atomic mass is 10.2. The molecule has 0 bridgehead atoms. The molecule has 14 heavy (non-hydrogen) atoms. The number of alkyl halides is 1. The Morgan fingerprint density at radius 2 is 2.29 bits per heavy atom. The molecule has 0 aromatic rings. The van der Waals surface area contributed by atoms with Crippen LogP contribution in [-0.4, -0.2) is 41.3 Å². The van der Waals surface area contributed by atoms with Crippen LogP contribution in [-0.2, 0) is 14.3 Å². The topological polar surface area (TPSA) is 46.6 Å². The van der Waals surface area contributed by atoms with E-state index in [1.165, 1.54) is 0 Å². The number of rotatable bonds is 3. The maximum Gasteiger partial charge on any atom is 0.328 e. The minimum Gasteiger partial charge on any atom is -0.464 e. The summed E-state index contributed by atoms with van der Waals surface area (Å²) in [5.74, 6) is -0.320. The van der Waals surface area contributed by atoms with Gasteiger partial charge in [0, 0.05) is 6.54 Å². The normalized spacial score (nSPS) is 21.0. The first-order valence-electron chi connectivity index (χ1n) is 4.72. The minimum atomic E-state index is -0.361. The maximum absolute atomic E-state index is 11.4. The second-order valence-corrected chi connectivity index (χ2v) is 3.69. The predicted molar refractivity (Wildman–Crippen MR) is 55.2 cm³/mol. The van der Waals surface area contributed by atoms with Gasteiger partial charge in [-0.1, -0.05) is 15.9 Å². The summed E-state index contributed by atoms with van der Waals surface area (Å²) in [4.78, 5) is 24.4. The van der Waals surface area contributed by atoms with Gasteiger partial charge in [-0.3, -0.25) is 4.79 Å². The standard InChI is InChI=1S/C9H14BrNO3/c1-2-14-9(13)7-4-3-5-11(7)8(12)6-10/h7H,2-6H2,1H3/t7-/m1/s1. The van der Waals surface area contributed by atoms with Crippen LogP contribution in [0.3, 0.4) is 0 Å². The zero-order valence-electron chi connectivity index (χ0n) is 8.16.